The number of benzene rings is 2. The molecule has 1 unspecified atom stereocenters. The standard InChI is InChI=1S/C22H22N4O3/c1-27-17-8-4-6-15(12-17)21-24-20(29-25-21)14-26-11-5-7-16(13-26)22-23-18-9-2-3-10-19(18)28-22/h2-4,6,8-10,12,16H,5,7,11,13-14H2,1H3. The summed E-state index contributed by atoms with van der Waals surface area (Å²) in [5, 5.41) is 4.13. The molecule has 7 heteroatoms. The van der Waals surface area contributed by atoms with E-state index in [0.29, 0.717) is 18.3 Å². The van der Waals surface area contributed by atoms with Crippen molar-refractivity contribution in [1.82, 2.24) is 20.0 Å². The van der Waals surface area contributed by atoms with Crippen molar-refractivity contribution < 1.29 is 13.7 Å². The highest BCUT2D eigenvalue weighted by atomic mass is 16.5. The molecule has 1 aliphatic heterocycles. The van der Waals surface area contributed by atoms with Gasteiger partial charge in [0.2, 0.25) is 11.7 Å². The molecule has 1 aliphatic rings. The smallest absolute Gasteiger partial charge is 0.241 e. The summed E-state index contributed by atoms with van der Waals surface area (Å²) in [6, 6.07) is 15.6. The maximum Gasteiger partial charge on any atom is 0.241 e. The average molecular weight is 390 g/mol. The van der Waals surface area contributed by atoms with Crippen LogP contribution in [0.2, 0.25) is 0 Å². The molecule has 29 heavy (non-hydrogen) atoms. The van der Waals surface area contributed by atoms with Gasteiger partial charge in [-0.25, -0.2) is 4.98 Å². The van der Waals surface area contributed by atoms with Crippen molar-refractivity contribution >= 4 is 11.1 Å². The number of para-hydroxylation sites is 2. The highest BCUT2D eigenvalue weighted by molar-refractivity contribution is 5.72. The molecule has 0 amide bonds. The van der Waals surface area contributed by atoms with Crippen LogP contribution in [-0.2, 0) is 6.54 Å². The predicted molar refractivity (Wildman–Crippen MR) is 108 cm³/mol. The number of methoxy groups -OCH3 is 1. The van der Waals surface area contributed by atoms with Crippen molar-refractivity contribution in [1.29, 1.82) is 0 Å². The van der Waals surface area contributed by atoms with Gasteiger partial charge in [0.1, 0.15) is 11.3 Å². The lowest BCUT2D eigenvalue weighted by atomic mass is 9.98. The first kappa shape index (κ1) is 17.9. The first-order valence-corrected chi connectivity index (χ1v) is 9.83. The minimum absolute atomic E-state index is 0.275. The zero-order valence-corrected chi connectivity index (χ0v) is 16.2. The summed E-state index contributed by atoms with van der Waals surface area (Å²) in [6.45, 7) is 2.48. The lowest BCUT2D eigenvalue weighted by molar-refractivity contribution is 0.167. The fourth-order valence-corrected chi connectivity index (χ4v) is 3.86. The number of hydrogen-bond acceptors (Lipinski definition) is 7. The van der Waals surface area contributed by atoms with Crippen LogP contribution in [0, 0.1) is 0 Å². The number of nitrogens with zero attached hydrogens (tertiary/aromatic N) is 4. The van der Waals surface area contributed by atoms with Crippen LogP contribution in [-0.4, -0.2) is 40.2 Å². The number of ether oxygens (including phenoxy) is 1. The Kier molecular flexibility index (Phi) is 4.73. The molecule has 4 aromatic rings. The van der Waals surface area contributed by atoms with E-state index < -0.39 is 0 Å². The van der Waals surface area contributed by atoms with Gasteiger partial charge < -0.3 is 13.7 Å². The molecule has 7 nitrogen and oxygen atoms in total. The minimum atomic E-state index is 0.275. The Morgan fingerprint density at radius 1 is 1.14 bits per heavy atom. The fourth-order valence-electron chi connectivity index (χ4n) is 3.86. The number of oxazole rings is 1. The quantitative estimate of drug-likeness (QED) is 0.504. The molecule has 1 fully saturated rings. The number of rotatable bonds is 5. The molecule has 1 saturated heterocycles. The number of likely N-dealkylation sites (tertiary alicyclic amines) is 1. The van der Waals surface area contributed by atoms with E-state index in [9.17, 15) is 0 Å². The molecule has 3 heterocycles. The number of fused-ring (bicyclic) bond motifs is 1. The van der Waals surface area contributed by atoms with E-state index >= 15 is 0 Å². The van der Waals surface area contributed by atoms with Crippen molar-refractivity contribution in [2.75, 3.05) is 20.2 Å². The Labute approximate surface area is 168 Å². The Bertz CT molecular complexity index is 1090. The highest BCUT2D eigenvalue weighted by Crippen LogP contribution is 2.30. The SMILES string of the molecule is COc1cccc(-c2noc(CN3CCCC(c4nc5ccccc5o4)C3)n2)c1. The van der Waals surface area contributed by atoms with Crippen LogP contribution in [0.25, 0.3) is 22.5 Å². The second-order valence-corrected chi connectivity index (χ2v) is 7.34. The summed E-state index contributed by atoms with van der Waals surface area (Å²) >= 11 is 0. The van der Waals surface area contributed by atoms with Gasteiger partial charge in [-0.05, 0) is 43.7 Å². The third-order valence-electron chi connectivity index (χ3n) is 5.32. The average Bonchev–Trinajstić information content (AvgIpc) is 3.41. The van der Waals surface area contributed by atoms with Crippen LogP contribution in [0.15, 0.2) is 57.5 Å². The molecule has 0 aliphatic carbocycles. The lowest BCUT2D eigenvalue weighted by Crippen LogP contribution is -2.34. The topological polar surface area (TPSA) is 77.4 Å². The van der Waals surface area contributed by atoms with Gasteiger partial charge in [0.25, 0.3) is 0 Å². The molecule has 0 spiro atoms. The second kappa shape index (κ2) is 7.67. The van der Waals surface area contributed by atoms with Crippen LogP contribution in [0.5, 0.6) is 5.75 Å². The van der Waals surface area contributed by atoms with Crippen LogP contribution in [0.1, 0.15) is 30.5 Å². The largest absolute Gasteiger partial charge is 0.497 e. The van der Waals surface area contributed by atoms with Crippen LogP contribution < -0.4 is 4.74 Å². The summed E-state index contributed by atoms with van der Waals surface area (Å²) in [5.41, 5.74) is 2.64. The van der Waals surface area contributed by atoms with Gasteiger partial charge in [-0.1, -0.05) is 29.4 Å². The maximum absolute atomic E-state index is 5.99. The van der Waals surface area contributed by atoms with Gasteiger partial charge >= 0.3 is 0 Å². The number of hydrogen-bond donors (Lipinski definition) is 0. The van der Waals surface area contributed by atoms with Crippen LogP contribution in [0.4, 0.5) is 0 Å². The van der Waals surface area contributed by atoms with E-state index in [-0.39, 0.29) is 5.92 Å². The summed E-state index contributed by atoms with van der Waals surface area (Å²) in [5.74, 6) is 3.05. The molecule has 0 radical (unpaired) electrons. The van der Waals surface area contributed by atoms with E-state index in [1.54, 1.807) is 7.11 Å². The van der Waals surface area contributed by atoms with Gasteiger partial charge in [-0.15, -0.1) is 0 Å². The lowest BCUT2D eigenvalue weighted by Gasteiger charge is -2.29. The summed E-state index contributed by atoms with van der Waals surface area (Å²) < 4.78 is 16.8. The zero-order valence-electron chi connectivity index (χ0n) is 16.2. The monoisotopic (exact) mass is 390 g/mol. The molecule has 2 aromatic heterocycles. The summed E-state index contributed by atoms with van der Waals surface area (Å²) in [6.07, 6.45) is 2.16. The molecular formula is C22H22N4O3. The van der Waals surface area contributed by atoms with Crippen LogP contribution in [0.3, 0.4) is 0 Å². The summed E-state index contributed by atoms with van der Waals surface area (Å²) in [4.78, 5) is 11.6. The van der Waals surface area contributed by atoms with E-state index in [1.165, 1.54) is 0 Å². The number of piperidine rings is 1. The maximum atomic E-state index is 5.99. The second-order valence-electron chi connectivity index (χ2n) is 7.34. The van der Waals surface area contributed by atoms with Crippen molar-refractivity contribution in [2.24, 2.45) is 0 Å². The third-order valence-corrected chi connectivity index (χ3v) is 5.32. The first-order chi connectivity index (χ1) is 14.3. The van der Waals surface area contributed by atoms with Gasteiger partial charge in [-0.2, -0.15) is 4.98 Å². The molecule has 1 atom stereocenters. The Balaban J connectivity index is 1.29. The zero-order chi connectivity index (χ0) is 19.6. The van der Waals surface area contributed by atoms with Crippen molar-refractivity contribution in [3.8, 4) is 17.1 Å². The van der Waals surface area contributed by atoms with E-state index in [4.69, 9.17) is 13.7 Å². The van der Waals surface area contributed by atoms with Crippen molar-refractivity contribution in [3.05, 3.63) is 60.3 Å². The molecule has 5 rings (SSSR count). The first-order valence-electron chi connectivity index (χ1n) is 9.83. The molecule has 0 bridgehead atoms. The third kappa shape index (κ3) is 3.73. The van der Waals surface area contributed by atoms with E-state index in [0.717, 1.165) is 54.2 Å². The number of aromatic nitrogens is 3. The minimum Gasteiger partial charge on any atom is -0.497 e. The normalized spacial score (nSPS) is 17.6. The van der Waals surface area contributed by atoms with Crippen molar-refractivity contribution in [2.45, 2.75) is 25.3 Å². The Hall–Kier alpha value is -3.19. The van der Waals surface area contributed by atoms with E-state index in [1.807, 2.05) is 48.5 Å². The van der Waals surface area contributed by atoms with Crippen molar-refractivity contribution in [3.63, 3.8) is 0 Å². The molecule has 148 valence electrons. The summed E-state index contributed by atoms with van der Waals surface area (Å²) in [7, 11) is 1.64. The van der Waals surface area contributed by atoms with Gasteiger partial charge in [0.05, 0.1) is 13.7 Å². The highest BCUT2D eigenvalue weighted by Gasteiger charge is 2.26. The molecule has 2 aromatic carbocycles. The molecule has 0 saturated carbocycles. The molecular weight excluding hydrogens is 368 g/mol. The Morgan fingerprint density at radius 3 is 2.97 bits per heavy atom. The predicted octanol–water partition coefficient (Wildman–Crippen LogP) is 4.27. The van der Waals surface area contributed by atoms with E-state index in [2.05, 4.69) is 20.0 Å². The Morgan fingerprint density at radius 2 is 2.07 bits per heavy atom. The van der Waals surface area contributed by atoms with Crippen LogP contribution >= 0.6 is 0 Å². The molecule has 0 N–H and O–H groups in total. The van der Waals surface area contributed by atoms with Gasteiger partial charge in [-0.3, -0.25) is 4.90 Å². The van der Waals surface area contributed by atoms with Gasteiger partial charge in [0.15, 0.2) is 11.5 Å². The fraction of sp³-hybridized carbons (Fsp3) is 0.318. The van der Waals surface area contributed by atoms with Gasteiger partial charge in [0, 0.05) is 18.0 Å².